The Morgan fingerprint density at radius 3 is 2.78 bits per heavy atom. The number of nitrogens with zero attached hydrogens (tertiary/aromatic N) is 3. The summed E-state index contributed by atoms with van der Waals surface area (Å²) in [7, 11) is 1.76. The zero-order valence-corrected chi connectivity index (χ0v) is 18.4. The largest absolute Gasteiger partial charge is 0.477 e. The molecule has 1 N–H and O–H groups in total. The third-order valence-electron chi connectivity index (χ3n) is 5.34. The Morgan fingerprint density at radius 1 is 1.28 bits per heavy atom. The Balaban J connectivity index is 1.45. The molecule has 4 rings (SSSR count). The molecule has 3 aromatic rings. The second kappa shape index (κ2) is 8.04. The minimum absolute atomic E-state index is 0.0211. The van der Waals surface area contributed by atoms with Crippen molar-refractivity contribution in [3.63, 3.8) is 0 Å². The predicted octanol–water partition coefficient (Wildman–Crippen LogP) is 3.99. The second-order valence-corrected chi connectivity index (χ2v) is 8.68. The molecule has 0 saturated heterocycles. The van der Waals surface area contributed by atoms with E-state index in [4.69, 9.17) is 4.74 Å². The average Bonchev–Trinajstić information content (AvgIpc) is 3.30. The van der Waals surface area contributed by atoms with Crippen molar-refractivity contribution in [2.75, 3.05) is 23.9 Å². The van der Waals surface area contributed by atoms with E-state index in [1.54, 1.807) is 18.0 Å². The molecule has 0 aliphatic carbocycles. The van der Waals surface area contributed by atoms with Crippen LogP contribution in [0.1, 0.15) is 19.4 Å². The van der Waals surface area contributed by atoms with Gasteiger partial charge in [-0.05, 0) is 37.6 Å². The molecule has 2 aromatic carbocycles. The van der Waals surface area contributed by atoms with Gasteiger partial charge in [0.15, 0.2) is 17.5 Å². The van der Waals surface area contributed by atoms with Crippen molar-refractivity contribution in [1.29, 1.82) is 0 Å². The summed E-state index contributed by atoms with van der Waals surface area (Å²) in [5.41, 5.74) is 2.49. The molecule has 1 aliphatic heterocycles. The van der Waals surface area contributed by atoms with Crippen molar-refractivity contribution in [1.82, 2.24) is 4.98 Å². The van der Waals surface area contributed by atoms with E-state index >= 15 is 0 Å². The van der Waals surface area contributed by atoms with Crippen molar-refractivity contribution < 1.29 is 19.2 Å². The summed E-state index contributed by atoms with van der Waals surface area (Å²) in [6, 6.07) is 11.6. The van der Waals surface area contributed by atoms with Gasteiger partial charge < -0.3 is 9.64 Å². The summed E-state index contributed by atoms with van der Waals surface area (Å²) >= 11 is 1.25. The lowest BCUT2D eigenvalue weighted by molar-refractivity contribution is -0.385. The lowest BCUT2D eigenvalue weighted by Gasteiger charge is -2.16. The molecule has 0 atom stereocenters. The molecule has 32 heavy (non-hydrogen) atoms. The molecule has 0 spiro atoms. The van der Waals surface area contributed by atoms with Crippen molar-refractivity contribution in [3.05, 3.63) is 63.5 Å². The van der Waals surface area contributed by atoms with Gasteiger partial charge in [-0.2, -0.15) is 0 Å². The highest BCUT2D eigenvalue weighted by atomic mass is 32.1. The number of benzene rings is 2. The fraction of sp³-hybridized carbons (Fsp3) is 0.227. The van der Waals surface area contributed by atoms with Crippen LogP contribution in [0.25, 0.3) is 11.3 Å². The third kappa shape index (κ3) is 3.80. The number of amides is 2. The lowest BCUT2D eigenvalue weighted by atomic mass is 9.85. The van der Waals surface area contributed by atoms with Crippen LogP contribution >= 0.6 is 11.3 Å². The van der Waals surface area contributed by atoms with Crippen molar-refractivity contribution >= 4 is 39.7 Å². The van der Waals surface area contributed by atoms with Crippen LogP contribution in [0.2, 0.25) is 0 Å². The minimum atomic E-state index is -0.620. The van der Waals surface area contributed by atoms with Crippen LogP contribution in [0.5, 0.6) is 5.75 Å². The second-order valence-electron chi connectivity index (χ2n) is 7.82. The number of hydrogen-bond acceptors (Lipinski definition) is 7. The zero-order chi connectivity index (χ0) is 23.0. The fourth-order valence-corrected chi connectivity index (χ4v) is 4.36. The van der Waals surface area contributed by atoms with E-state index in [0.29, 0.717) is 10.8 Å². The molecule has 0 bridgehead atoms. The van der Waals surface area contributed by atoms with Crippen molar-refractivity contribution in [2.45, 2.75) is 19.3 Å². The van der Waals surface area contributed by atoms with Gasteiger partial charge in [-0.1, -0.05) is 18.2 Å². The quantitative estimate of drug-likeness (QED) is 0.447. The molecule has 164 valence electrons. The van der Waals surface area contributed by atoms with Crippen LogP contribution in [0.15, 0.2) is 47.8 Å². The number of carbonyl (C=O) groups is 2. The van der Waals surface area contributed by atoms with Crippen LogP contribution in [-0.2, 0) is 15.0 Å². The van der Waals surface area contributed by atoms with E-state index in [-0.39, 0.29) is 24.0 Å². The predicted molar refractivity (Wildman–Crippen MR) is 121 cm³/mol. The molecule has 2 heterocycles. The van der Waals surface area contributed by atoms with Gasteiger partial charge in [0.1, 0.15) is 0 Å². The molecule has 10 heteroatoms. The van der Waals surface area contributed by atoms with Gasteiger partial charge in [-0.15, -0.1) is 11.3 Å². The number of nitro groups is 1. The Kier molecular flexibility index (Phi) is 5.39. The fourth-order valence-electron chi connectivity index (χ4n) is 3.62. The van der Waals surface area contributed by atoms with Crippen LogP contribution in [0, 0.1) is 10.1 Å². The van der Waals surface area contributed by atoms with Gasteiger partial charge in [-0.25, -0.2) is 4.98 Å². The number of nitrogens with one attached hydrogen (secondary N) is 1. The van der Waals surface area contributed by atoms with E-state index in [1.807, 2.05) is 37.4 Å². The van der Waals surface area contributed by atoms with E-state index in [0.717, 1.165) is 16.8 Å². The highest BCUT2D eigenvalue weighted by Crippen LogP contribution is 2.42. The summed E-state index contributed by atoms with van der Waals surface area (Å²) in [6.07, 6.45) is 0. The molecule has 0 saturated carbocycles. The lowest BCUT2D eigenvalue weighted by Crippen LogP contribution is -2.33. The number of anilines is 2. The molecule has 2 amide bonds. The van der Waals surface area contributed by atoms with E-state index in [2.05, 4.69) is 10.3 Å². The Bertz CT molecular complexity index is 1240. The smallest absolute Gasteiger partial charge is 0.310 e. The normalized spacial score (nSPS) is 14.2. The van der Waals surface area contributed by atoms with Crippen LogP contribution in [-0.4, -0.2) is 35.4 Å². The topological polar surface area (TPSA) is 115 Å². The van der Waals surface area contributed by atoms with Crippen LogP contribution in [0.3, 0.4) is 0 Å². The van der Waals surface area contributed by atoms with Gasteiger partial charge in [0.25, 0.3) is 5.91 Å². The van der Waals surface area contributed by atoms with Crippen molar-refractivity contribution in [3.8, 4) is 17.0 Å². The van der Waals surface area contributed by atoms with E-state index < -0.39 is 16.2 Å². The molecule has 0 fully saturated rings. The van der Waals surface area contributed by atoms with E-state index in [9.17, 15) is 19.7 Å². The first-order valence-electron chi connectivity index (χ1n) is 9.73. The number of likely N-dealkylation sites (N-methyl/N-ethyl adjacent to an activating group) is 1. The van der Waals surface area contributed by atoms with Crippen molar-refractivity contribution in [2.24, 2.45) is 0 Å². The SMILES string of the molecule is CN1C(=O)C(C)(C)c2cc(-c3csc(NC(=O)COc4ccccc4[N+](=O)[O-])n3)ccc21. The average molecular weight is 452 g/mol. The van der Waals surface area contributed by atoms with Gasteiger partial charge >= 0.3 is 5.69 Å². The van der Waals surface area contributed by atoms with Gasteiger partial charge in [-0.3, -0.25) is 25.0 Å². The van der Waals surface area contributed by atoms with Gasteiger partial charge in [0, 0.05) is 29.7 Å². The molecule has 9 nitrogen and oxygen atoms in total. The van der Waals surface area contributed by atoms with Gasteiger partial charge in [0.2, 0.25) is 5.91 Å². The number of fused-ring (bicyclic) bond motifs is 1. The number of nitro benzene ring substituents is 1. The summed E-state index contributed by atoms with van der Waals surface area (Å²) in [5.74, 6) is -0.423. The van der Waals surface area contributed by atoms with Crippen LogP contribution in [0.4, 0.5) is 16.5 Å². The minimum Gasteiger partial charge on any atom is -0.477 e. The van der Waals surface area contributed by atoms with Gasteiger partial charge in [0.05, 0.1) is 16.0 Å². The maximum Gasteiger partial charge on any atom is 0.310 e. The number of rotatable bonds is 6. The summed E-state index contributed by atoms with van der Waals surface area (Å²) in [6.45, 7) is 3.40. The molecule has 0 radical (unpaired) electrons. The summed E-state index contributed by atoms with van der Waals surface area (Å²) in [4.78, 5) is 41.3. The standard InChI is InChI=1S/C22H20N4O5S/c1-22(2)14-10-13(8-9-16(14)25(3)20(22)28)15-12-32-21(23-15)24-19(27)11-31-18-7-5-4-6-17(18)26(29)30/h4-10,12H,11H2,1-3H3,(H,23,24,27). The molecular weight excluding hydrogens is 432 g/mol. The Labute approximate surface area is 187 Å². The molecule has 1 aliphatic rings. The maximum absolute atomic E-state index is 12.5. The number of carbonyl (C=O) groups excluding carboxylic acids is 2. The monoisotopic (exact) mass is 452 g/mol. The molecule has 0 unspecified atom stereocenters. The Hall–Kier alpha value is -3.79. The number of para-hydroxylation sites is 2. The Morgan fingerprint density at radius 2 is 2.03 bits per heavy atom. The van der Waals surface area contributed by atoms with E-state index in [1.165, 1.54) is 29.5 Å². The zero-order valence-electron chi connectivity index (χ0n) is 17.6. The summed E-state index contributed by atoms with van der Waals surface area (Å²) in [5, 5.41) is 15.9. The number of thiazole rings is 1. The highest BCUT2D eigenvalue weighted by Gasteiger charge is 2.42. The first-order valence-corrected chi connectivity index (χ1v) is 10.6. The number of aromatic nitrogens is 1. The first-order chi connectivity index (χ1) is 15.2. The summed E-state index contributed by atoms with van der Waals surface area (Å²) < 4.78 is 5.30. The maximum atomic E-state index is 12.5. The molecule has 1 aromatic heterocycles. The number of ether oxygens (including phenoxy) is 1. The number of hydrogen-bond donors (Lipinski definition) is 1. The van der Waals surface area contributed by atoms with Crippen LogP contribution < -0.4 is 15.0 Å². The molecular formula is C22H20N4O5S. The highest BCUT2D eigenvalue weighted by molar-refractivity contribution is 7.14. The third-order valence-corrected chi connectivity index (χ3v) is 6.10. The first kappa shape index (κ1) is 21.4.